The summed E-state index contributed by atoms with van der Waals surface area (Å²) in [6.07, 6.45) is 0. The SMILES string of the molecule is SSSSSSSS. The van der Waals surface area contributed by atoms with Crippen LogP contribution in [0.2, 0.25) is 0 Å². The van der Waals surface area contributed by atoms with Crippen LogP contribution in [0, 0.1) is 0 Å². The summed E-state index contributed by atoms with van der Waals surface area (Å²) < 4.78 is 0. The molecule has 0 atom stereocenters. The average Bonchev–Trinajstić information content (AvgIpc) is 1.81. The third kappa shape index (κ3) is 8.80. The van der Waals surface area contributed by atoms with Crippen molar-refractivity contribution in [3.63, 3.8) is 0 Å². The van der Waals surface area contributed by atoms with Gasteiger partial charge in [0.1, 0.15) is 0 Å². The van der Waals surface area contributed by atoms with Gasteiger partial charge in [0.2, 0.25) is 0 Å². The van der Waals surface area contributed by atoms with Gasteiger partial charge < -0.3 is 0 Å². The highest BCUT2D eigenvalue weighted by molar-refractivity contribution is 9.47. The lowest BCUT2D eigenvalue weighted by molar-refractivity contribution is 5.71. The summed E-state index contributed by atoms with van der Waals surface area (Å²) in [4.78, 5) is 0. The molecule has 0 radical (unpaired) electrons. The molecule has 0 aromatic carbocycles. The molecule has 0 spiro atoms. The minimum absolute atomic E-state index is 1.46. The summed E-state index contributed by atoms with van der Waals surface area (Å²) in [6, 6.07) is 0. The van der Waals surface area contributed by atoms with Gasteiger partial charge >= 0.3 is 0 Å². The van der Waals surface area contributed by atoms with Crippen LogP contribution in [0.5, 0.6) is 0 Å². The summed E-state index contributed by atoms with van der Waals surface area (Å²) >= 11 is 7.87. The molecular weight excluding hydrogens is 257 g/mol. The zero-order valence-corrected chi connectivity index (χ0v) is 10.0. The molecule has 0 aliphatic rings. The van der Waals surface area contributed by atoms with Crippen LogP contribution in [0.4, 0.5) is 0 Å². The molecule has 0 amide bonds. The molecule has 0 saturated heterocycles. The van der Waals surface area contributed by atoms with Crippen molar-refractivity contribution >= 4 is 82.3 Å². The Kier molecular flexibility index (Phi) is 13.2. The highest BCUT2D eigenvalue weighted by Gasteiger charge is 1.88. The van der Waals surface area contributed by atoms with Crippen molar-refractivity contribution in [2.45, 2.75) is 0 Å². The molecule has 0 aliphatic carbocycles. The minimum atomic E-state index is 1.46. The molecule has 50 valence electrons. The summed E-state index contributed by atoms with van der Waals surface area (Å²) in [7, 11) is 9.58. The van der Waals surface area contributed by atoms with Crippen molar-refractivity contribution in [3.8, 4) is 0 Å². The average molecular weight is 259 g/mol. The Morgan fingerprint density at radius 3 is 1.25 bits per heavy atom. The fourth-order valence-electron chi connectivity index (χ4n) is 0.0475. The number of thiol groups is 2. The second-order valence-corrected chi connectivity index (χ2v) is 11.4. The van der Waals surface area contributed by atoms with Gasteiger partial charge in [-0.05, 0) is 59.0 Å². The lowest BCUT2D eigenvalue weighted by atomic mass is 30.2. The maximum Gasteiger partial charge on any atom is -0.0000358 e. The van der Waals surface area contributed by atoms with Crippen molar-refractivity contribution in [1.82, 2.24) is 0 Å². The first kappa shape index (κ1) is 10.8. The molecule has 0 aliphatic heterocycles. The Labute approximate surface area is 81.2 Å². The van der Waals surface area contributed by atoms with Gasteiger partial charge in [0, 0.05) is 0 Å². The highest BCUT2D eigenvalue weighted by Crippen LogP contribution is 2.53. The Hall–Kier alpha value is 2.80. The van der Waals surface area contributed by atoms with Crippen molar-refractivity contribution in [1.29, 1.82) is 0 Å². The zero-order valence-electron chi connectivity index (χ0n) is 3.34. The van der Waals surface area contributed by atoms with Gasteiger partial charge in [0.15, 0.2) is 0 Å². The number of rotatable bonds is 5. The Morgan fingerprint density at radius 1 is 0.625 bits per heavy atom. The van der Waals surface area contributed by atoms with Gasteiger partial charge in [-0.25, -0.2) is 0 Å². The van der Waals surface area contributed by atoms with E-state index in [0.29, 0.717) is 0 Å². The van der Waals surface area contributed by atoms with E-state index in [1.807, 2.05) is 0 Å². The topological polar surface area (TPSA) is 0 Å². The molecule has 0 fully saturated rings. The quantitative estimate of drug-likeness (QED) is 0.415. The van der Waals surface area contributed by atoms with Crippen molar-refractivity contribution < 1.29 is 0 Å². The first-order valence-electron chi connectivity index (χ1n) is 1.20. The second-order valence-electron chi connectivity index (χ2n) is 0.421. The van der Waals surface area contributed by atoms with E-state index in [9.17, 15) is 0 Å². The molecule has 0 heterocycles. The van der Waals surface area contributed by atoms with Gasteiger partial charge in [-0.15, -0.1) is 0 Å². The van der Waals surface area contributed by atoms with E-state index in [0.717, 1.165) is 0 Å². The van der Waals surface area contributed by atoms with Crippen LogP contribution < -0.4 is 0 Å². The second kappa shape index (κ2) is 9.80. The standard InChI is InChI=1S/H2S8/c1-3-5-7-8-6-4-2/h1-2H. The first-order valence-corrected chi connectivity index (χ1v) is 10.8. The molecule has 0 unspecified atom stereocenters. The molecule has 0 N–H and O–H groups in total. The van der Waals surface area contributed by atoms with Crippen LogP contribution in [-0.4, -0.2) is 0 Å². The number of hydrogen-bond donors (Lipinski definition) is 2. The first-order chi connectivity index (χ1) is 3.91. The minimum Gasteiger partial charge on any atom is -0.0988 e. The van der Waals surface area contributed by atoms with E-state index in [1.165, 1.54) is 19.7 Å². The van der Waals surface area contributed by atoms with Crippen LogP contribution in [0.25, 0.3) is 0 Å². The Morgan fingerprint density at radius 2 is 1.00 bits per heavy atom. The van der Waals surface area contributed by atoms with Gasteiger partial charge in [0.05, 0.1) is 0 Å². The fourth-order valence-corrected chi connectivity index (χ4v) is 11.5. The molecule has 0 nitrogen and oxygen atoms in total. The molecular formula is H2S8. The maximum absolute atomic E-state index is 3.93. The van der Waals surface area contributed by atoms with E-state index in [-0.39, 0.29) is 0 Å². The molecule has 0 saturated carbocycles. The molecule has 0 rings (SSSR count). The molecule has 0 aromatic heterocycles. The van der Waals surface area contributed by atoms with Crippen LogP contribution in [0.1, 0.15) is 0 Å². The van der Waals surface area contributed by atoms with Gasteiger partial charge in [-0.1, -0.05) is 23.3 Å². The van der Waals surface area contributed by atoms with Crippen LogP contribution in [-0.2, 0) is 0 Å². The van der Waals surface area contributed by atoms with E-state index < -0.39 is 0 Å². The van der Waals surface area contributed by atoms with Gasteiger partial charge in [-0.3, -0.25) is 0 Å². The Bertz CT molecular complexity index is 25.0. The smallest absolute Gasteiger partial charge is 0.0000358 e. The van der Waals surface area contributed by atoms with Gasteiger partial charge in [-0.2, -0.15) is 0 Å². The third-order valence-electron chi connectivity index (χ3n) is 0.144. The highest BCUT2D eigenvalue weighted by atomic mass is 34.0. The summed E-state index contributed by atoms with van der Waals surface area (Å²) in [5.41, 5.74) is 0. The summed E-state index contributed by atoms with van der Waals surface area (Å²) in [5, 5.41) is 0. The van der Waals surface area contributed by atoms with Crippen LogP contribution in [0.3, 0.4) is 0 Å². The van der Waals surface area contributed by atoms with Crippen molar-refractivity contribution in [2.24, 2.45) is 0 Å². The zero-order chi connectivity index (χ0) is 6.24. The van der Waals surface area contributed by atoms with Crippen LogP contribution >= 0.6 is 82.3 Å². The normalized spacial score (nSPS) is 9.75. The lowest BCUT2D eigenvalue weighted by Gasteiger charge is -1.89. The fraction of sp³-hybridized carbons (Fsp3) is 0. The van der Waals surface area contributed by atoms with Crippen molar-refractivity contribution in [3.05, 3.63) is 0 Å². The van der Waals surface area contributed by atoms with E-state index >= 15 is 0 Å². The lowest BCUT2D eigenvalue weighted by Crippen LogP contribution is -1.23. The summed E-state index contributed by atoms with van der Waals surface area (Å²) in [6.45, 7) is 0. The molecule has 0 aromatic rings. The van der Waals surface area contributed by atoms with Gasteiger partial charge in [0.25, 0.3) is 0 Å². The maximum atomic E-state index is 3.93. The predicted octanol–water partition coefficient (Wildman–Crippen LogP) is 4.65. The van der Waals surface area contributed by atoms with Crippen LogP contribution in [0.15, 0.2) is 0 Å². The Balaban J connectivity index is 2.53. The third-order valence-corrected chi connectivity index (χ3v) is 11.7. The van der Waals surface area contributed by atoms with E-state index in [1.54, 1.807) is 39.3 Å². The number of hydrogen-bond acceptors (Lipinski definition) is 8. The predicted molar refractivity (Wildman–Crippen MR) is 63.5 cm³/mol. The molecule has 8 heteroatoms. The van der Waals surface area contributed by atoms with E-state index in [2.05, 4.69) is 23.3 Å². The monoisotopic (exact) mass is 258 g/mol. The largest absolute Gasteiger partial charge is 0.0988 e. The van der Waals surface area contributed by atoms with E-state index in [4.69, 9.17) is 0 Å². The van der Waals surface area contributed by atoms with Crippen molar-refractivity contribution in [2.75, 3.05) is 0 Å². The summed E-state index contributed by atoms with van der Waals surface area (Å²) in [5.74, 6) is 0. The molecule has 8 heavy (non-hydrogen) atoms. The molecule has 0 bridgehead atoms.